The van der Waals surface area contributed by atoms with Crippen LogP contribution in [-0.4, -0.2) is 47.6 Å². The molecule has 9 heteroatoms. The standard InChI is InChI=1S/C24H25ClN4O3S/c1-16-8-9-28(13-16)33(31,32)29-14-18-6-7-19(25)10-21(18)22(15-29)24(30)27-23-12-26-11-17-4-2-3-5-20(17)23/h2-7,10-12,16,22H,8-9,13-15H2,1H3,(H,27,30). The van der Waals surface area contributed by atoms with E-state index in [1.165, 1.54) is 8.61 Å². The molecule has 0 bridgehead atoms. The fraction of sp³-hybridized carbons (Fsp3) is 0.333. The SMILES string of the molecule is CC1CCN(S(=O)(=O)N2Cc3ccc(Cl)cc3C(C(=O)Nc3cncc4ccccc34)C2)C1. The Kier molecular flexibility index (Phi) is 5.86. The summed E-state index contributed by atoms with van der Waals surface area (Å²) in [6.07, 6.45) is 4.20. The Morgan fingerprint density at radius 1 is 1.12 bits per heavy atom. The van der Waals surface area contributed by atoms with Gasteiger partial charge in [0.15, 0.2) is 0 Å². The molecule has 0 spiro atoms. The van der Waals surface area contributed by atoms with Gasteiger partial charge in [0, 0.05) is 48.2 Å². The molecule has 2 aromatic carbocycles. The van der Waals surface area contributed by atoms with Crippen molar-refractivity contribution in [3.8, 4) is 0 Å². The van der Waals surface area contributed by atoms with Crippen LogP contribution in [0.25, 0.3) is 10.8 Å². The molecule has 3 aromatic rings. The summed E-state index contributed by atoms with van der Waals surface area (Å²) in [6, 6.07) is 13.0. The highest BCUT2D eigenvalue weighted by Gasteiger charge is 2.40. The predicted octanol–water partition coefficient (Wildman–Crippen LogP) is 4.01. The number of anilines is 1. The highest BCUT2D eigenvalue weighted by atomic mass is 35.5. The molecule has 2 aliphatic heterocycles. The number of aromatic nitrogens is 1. The molecular weight excluding hydrogens is 460 g/mol. The lowest BCUT2D eigenvalue weighted by Crippen LogP contribution is -2.47. The Hall–Kier alpha value is -2.52. The Labute approximate surface area is 198 Å². The van der Waals surface area contributed by atoms with Gasteiger partial charge in [-0.15, -0.1) is 0 Å². The Bertz CT molecular complexity index is 1330. The summed E-state index contributed by atoms with van der Waals surface area (Å²) in [5.74, 6) is -0.652. The molecule has 0 radical (unpaired) electrons. The number of hydrogen-bond acceptors (Lipinski definition) is 4. The minimum atomic E-state index is -3.68. The van der Waals surface area contributed by atoms with E-state index in [1.54, 1.807) is 24.5 Å². The smallest absolute Gasteiger partial charge is 0.282 e. The molecule has 1 amide bonds. The van der Waals surface area contributed by atoms with Crippen LogP contribution in [0.15, 0.2) is 54.9 Å². The van der Waals surface area contributed by atoms with Gasteiger partial charge < -0.3 is 5.32 Å². The van der Waals surface area contributed by atoms with Crippen LogP contribution in [0.2, 0.25) is 5.02 Å². The molecule has 0 saturated carbocycles. The normalized spacial score (nSPS) is 21.8. The topological polar surface area (TPSA) is 82.6 Å². The van der Waals surface area contributed by atoms with Gasteiger partial charge in [-0.05, 0) is 35.6 Å². The van der Waals surface area contributed by atoms with E-state index in [4.69, 9.17) is 11.6 Å². The minimum absolute atomic E-state index is 0.0601. The van der Waals surface area contributed by atoms with Crippen LogP contribution in [0.5, 0.6) is 0 Å². The van der Waals surface area contributed by atoms with Crippen molar-refractivity contribution in [1.82, 2.24) is 13.6 Å². The summed E-state index contributed by atoms with van der Waals surface area (Å²) in [7, 11) is -3.68. The minimum Gasteiger partial charge on any atom is -0.324 e. The highest BCUT2D eigenvalue weighted by molar-refractivity contribution is 7.86. The van der Waals surface area contributed by atoms with Crippen molar-refractivity contribution < 1.29 is 13.2 Å². The molecule has 2 unspecified atom stereocenters. The van der Waals surface area contributed by atoms with Gasteiger partial charge in [-0.3, -0.25) is 9.78 Å². The van der Waals surface area contributed by atoms with Crippen LogP contribution in [0, 0.1) is 5.92 Å². The number of pyridine rings is 1. The third-order valence-corrected chi connectivity index (χ3v) is 8.65. The fourth-order valence-electron chi connectivity index (χ4n) is 4.69. The molecule has 2 atom stereocenters. The number of benzene rings is 2. The molecule has 172 valence electrons. The summed E-state index contributed by atoms with van der Waals surface area (Å²) in [4.78, 5) is 17.7. The van der Waals surface area contributed by atoms with Crippen molar-refractivity contribution in [3.63, 3.8) is 0 Å². The number of carbonyl (C=O) groups is 1. The second kappa shape index (κ2) is 8.68. The third kappa shape index (κ3) is 4.24. The zero-order chi connectivity index (χ0) is 23.2. The lowest BCUT2D eigenvalue weighted by atomic mass is 9.90. The van der Waals surface area contributed by atoms with E-state index in [-0.39, 0.29) is 19.0 Å². The molecule has 33 heavy (non-hydrogen) atoms. The van der Waals surface area contributed by atoms with Gasteiger partial charge in [-0.1, -0.05) is 48.9 Å². The Balaban J connectivity index is 1.48. The van der Waals surface area contributed by atoms with Crippen LogP contribution >= 0.6 is 11.6 Å². The molecule has 0 aliphatic carbocycles. The van der Waals surface area contributed by atoms with Gasteiger partial charge in [0.2, 0.25) is 5.91 Å². The van der Waals surface area contributed by atoms with E-state index < -0.39 is 16.1 Å². The number of hydrogen-bond donors (Lipinski definition) is 1. The zero-order valence-corrected chi connectivity index (χ0v) is 19.8. The maximum atomic E-state index is 13.5. The second-order valence-electron chi connectivity index (χ2n) is 8.85. The van der Waals surface area contributed by atoms with Gasteiger partial charge in [-0.25, -0.2) is 0 Å². The van der Waals surface area contributed by atoms with Gasteiger partial charge >= 0.3 is 0 Å². The van der Waals surface area contributed by atoms with Crippen LogP contribution < -0.4 is 5.32 Å². The Morgan fingerprint density at radius 2 is 1.94 bits per heavy atom. The molecule has 3 heterocycles. The summed E-state index contributed by atoms with van der Waals surface area (Å²) in [5.41, 5.74) is 2.14. The van der Waals surface area contributed by atoms with Crippen molar-refractivity contribution >= 4 is 44.2 Å². The van der Waals surface area contributed by atoms with E-state index in [0.29, 0.717) is 29.7 Å². The van der Waals surface area contributed by atoms with Crippen LogP contribution in [0.4, 0.5) is 5.69 Å². The number of carbonyl (C=O) groups excluding carboxylic acids is 1. The average molecular weight is 485 g/mol. The maximum Gasteiger partial charge on any atom is 0.282 e. The van der Waals surface area contributed by atoms with E-state index in [9.17, 15) is 13.2 Å². The number of halogens is 1. The second-order valence-corrected chi connectivity index (χ2v) is 11.2. The number of nitrogens with one attached hydrogen (secondary N) is 1. The predicted molar refractivity (Wildman–Crippen MR) is 129 cm³/mol. The molecule has 1 fully saturated rings. The highest BCUT2D eigenvalue weighted by Crippen LogP contribution is 2.35. The van der Waals surface area contributed by atoms with Gasteiger partial charge in [0.05, 0.1) is 17.8 Å². The van der Waals surface area contributed by atoms with Crippen molar-refractivity contribution in [2.45, 2.75) is 25.8 Å². The van der Waals surface area contributed by atoms with E-state index in [2.05, 4.69) is 17.2 Å². The van der Waals surface area contributed by atoms with E-state index in [0.717, 1.165) is 28.3 Å². The fourth-order valence-corrected chi connectivity index (χ4v) is 6.62. The summed E-state index contributed by atoms with van der Waals surface area (Å²) >= 11 is 6.25. The number of rotatable bonds is 4. The largest absolute Gasteiger partial charge is 0.324 e. The van der Waals surface area contributed by atoms with Crippen molar-refractivity contribution in [3.05, 3.63) is 71.0 Å². The van der Waals surface area contributed by atoms with Crippen molar-refractivity contribution in [2.75, 3.05) is 25.0 Å². The first-order chi connectivity index (χ1) is 15.8. The van der Waals surface area contributed by atoms with E-state index in [1.807, 2.05) is 30.3 Å². The zero-order valence-electron chi connectivity index (χ0n) is 18.2. The molecule has 2 aliphatic rings. The first kappa shape index (κ1) is 22.3. The molecule has 1 aromatic heterocycles. The van der Waals surface area contributed by atoms with Gasteiger partial charge in [-0.2, -0.15) is 17.0 Å². The van der Waals surface area contributed by atoms with Gasteiger partial charge in [0.25, 0.3) is 10.2 Å². The quantitative estimate of drug-likeness (QED) is 0.606. The molecule has 1 N–H and O–H groups in total. The summed E-state index contributed by atoms with van der Waals surface area (Å²) in [6.45, 7) is 3.35. The number of fused-ring (bicyclic) bond motifs is 2. The van der Waals surface area contributed by atoms with Gasteiger partial charge in [0.1, 0.15) is 0 Å². The van der Waals surface area contributed by atoms with Crippen LogP contribution in [0.3, 0.4) is 0 Å². The third-order valence-electron chi connectivity index (χ3n) is 6.50. The molecular formula is C24H25ClN4O3S. The molecule has 1 saturated heterocycles. The summed E-state index contributed by atoms with van der Waals surface area (Å²) in [5, 5.41) is 5.29. The van der Waals surface area contributed by atoms with Crippen LogP contribution in [0.1, 0.15) is 30.4 Å². The van der Waals surface area contributed by atoms with Crippen LogP contribution in [-0.2, 0) is 21.5 Å². The Morgan fingerprint density at radius 3 is 2.73 bits per heavy atom. The average Bonchev–Trinajstić information content (AvgIpc) is 3.25. The molecule has 7 nitrogen and oxygen atoms in total. The van der Waals surface area contributed by atoms with Crippen molar-refractivity contribution in [2.24, 2.45) is 5.92 Å². The summed E-state index contributed by atoms with van der Waals surface area (Å²) < 4.78 is 29.7. The number of nitrogens with zero attached hydrogens (tertiary/aromatic N) is 3. The number of amides is 1. The maximum absolute atomic E-state index is 13.5. The first-order valence-electron chi connectivity index (χ1n) is 11.0. The van der Waals surface area contributed by atoms with Crippen molar-refractivity contribution in [1.29, 1.82) is 0 Å². The first-order valence-corrected chi connectivity index (χ1v) is 12.8. The monoisotopic (exact) mass is 484 g/mol. The lowest BCUT2D eigenvalue weighted by Gasteiger charge is -2.35. The molecule has 5 rings (SSSR count). The van der Waals surface area contributed by atoms with E-state index >= 15 is 0 Å². The lowest BCUT2D eigenvalue weighted by molar-refractivity contribution is -0.118.